The van der Waals surface area contributed by atoms with Crippen LogP contribution in [0.3, 0.4) is 0 Å². The quantitative estimate of drug-likeness (QED) is 0.290. The van der Waals surface area contributed by atoms with Crippen LogP contribution < -0.4 is 15.4 Å². The van der Waals surface area contributed by atoms with Crippen molar-refractivity contribution < 1.29 is 23.0 Å². The molecule has 178 valence electrons. The fraction of sp³-hybridized carbons (Fsp3) is 0.240. The second-order valence-electron chi connectivity index (χ2n) is 7.69. The van der Waals surface area contributed by atoms with E-state index in [0.717, 1.165) is 17.3 Å². The van der Waals surface area contributed by atoms with E-state index >= 15 is 0 Å². The lowest BCUT2D eigenvalue weighted by Gasteiger charge is -2.11. The zero-order chi connectivity index (χ0) is 24.5. The van der Waals surface area contributed by atoms with Crippen molar-refractivity contribution in [3.63, 3.8) is 0 Å². The molecule has 3 aromatic rings. The Hall–Kier alpha value is -3.85. The average molecular weight is 469 g/mol. The van der Waals surface area contributed by atoms with Crippen molar-refractivity contribution in [2.24, 2.45) is 0 Å². The van der Waals surface area contributed by atoms with Crippen LogP contribution in [0.15, 0.2) is 60.3 Å². The molecule has 0 radical (unpaired) electrons. The summed E-state index contributed by atoms with van der Waals surface area (Å²) in [5, 5.41) is 5.74. The van der Waals surface area contributed by atoms with Gasteiger partial charge in [0.05, 0.1) is 12.8 Å². The highest BCUT2D eigenvalue weighted by atomic mass is 19.1. The number of hydrogen-bond acceptors (Lipinski definition) is 7. The molecule has 0 spiro atoms. The summed E-state index contributed by atoms with van der Waals surface area (Å²) in [6.45, 7) is 4.31. The van der Waals surface area contributed by atoms with E-state index in [4.69, 9.17) is 9.47 Å². The zero-order valence-corrected chi connectivity index (χ0v) is 19.2. The summed E-state index contributed by atoms with van der Waals surface area (Å²) in [7, 11) is 1.53. The highest BCUT2D eigenvalue weighted by molar-refractivity contribution is 5.91. The van der Waals surface area contributed by atoms with Crippen LogP contribution in [-0.2, 0) is 16.0 Å². The van der Waals surface area contributed by atoms with Crippen LogP contribution in [0.4, 0.5) is 31.9 Å². The minimum Gasteiger partial charge on any atom is -0.488 e. The number of benzene rings is 2. The van der Waals surface area contributed by atoms with Crippen LogP contribution in [0.2, 0.25) is 0 Å². The third-order valence-corrected chi connectivity index (χ3v) is 4.52. The van der Waals surface area contributed by atoms with Gasteiger partial charge < -0.3 is 20.1 Å². The molecule has 1 heterocycles. The molecule has 7 nitrogen and oxygen atoms in total. The number of nitrogens with one attached hydrogen (secondary N) is 2. The van der Waals surface area contributed by atoms with Crippen molar-refractivity contribution in [3.05, 3.63) is 77.5 Å². The standard InChI is InChI=1S/C25H26F2N4O3/c1-16(2)12-20(32)13-17-4-6-18(7-5-17)29-24-22(27)15-28-25(31-24)30-19-8-9-23(21(26)14-19)34-11-10-33-3/h4-9,12,14-15H,10-11,13H2,1-3H3,(H2,28,29,30,31). The number of allylic oxidation sites excluding steroid dienone is 2. The Balaban J connectivity index is 1.66. The molecule has 2 N–H and O–H groups in total. The predicted molar refractivity (Wildman–Crippen MR) is 127 cm³/mol. The smallest absolute Gasteiger partial charge is 0.229 e. The summed E-state index contributed by atoms with van der Waals surface area (Å²) in [6, 6.07) is 11.3. The van der Waals surface area contributed by atoms with Gasteiger partial charge in [0, 0.05) is 31.0 Å². The van der Waals surface area contributed by atoms with Gasteiger partial charge in [0.1, 0.15) is 6.61 Å². The molecule has 2 aromatic carbocycles. The SMILES string of the molecule is COCCOc1ccc(Nc2ncc(F)c(Nc3ccc(CC(=O)C=C(C)C)cc3)n2)cc1F. The number of methoxy groups -OCH3 is 1. The van der Waals surface area contributed by atoms with Gasteiger partial charge in [-0.1, -0.05) is 17.7 Å². The van der Waals surface area contributed by atoms with E-state index in [1.54, 1.807) is 36.4 Å². The monoisotopic (exact) mass is 468 g/mol. The number of carbonyl (C=O) groups excluding carboxylic acids is 1. The molecule has 0 saturated carbocycles. The first kappa shape index (κ1) is 24.8. The molecule has 34 heavy (non-hydrogen) atoms. The fourth-order valence-corrected chi connectivity index (χ4v) is 2.99. The van der Waals surface area contributed by atoms with Gasteiger partial charge in [0.15, 0.2) is 29.0 Å². The van der Waals surface area contributed by atoms with Gasteiger partial charge in [-0.15, -0.1) is 0 Å². The molecule has 0 fully saturated rings. The number of carbonyl (C=O) groups is 1. The van der Waals surface area contributed by atoms with Gasteiger partial charge in [-0.2, -0.15) is 4.98 Å². The molecule has 0 bridgehead atoms. The Bertz CT molecular complexity index is 1160. The first-order chi connectivity index (χ1) is 16.3. The van der Waals surface area contributed by atoms with Crippen LogP contribution in [0.25, 0.3) is 0 Å². The minimum atomic E-state index is -0.651. The summed E-state index contributed by atoms with van der Waals surface area (Å²) in [5.74, 6) is -1.07. The van der Waals surface area contributed by atoms with Gasteiger partial charge in [0.2, 0.25) is 5.95 Å². The maximum Gasteiger partial charge on any atom is 0.229 e. The van der Waals surface area contributed by atoms with E-state index < -0.39 is 11.6 Å². The van der Waals surface area contributed by atoms with Crippen LogP contribution in [0, 0.1) is 11.6 Å². The van der Waals surface area contributed by atoms with E-state index in [1.165, 1.54) is 19.2 Å². The summed E-state index contributed by atoms with van der Waals surface area (Å²) < 4.78 is 38.7. The van der Waals surface area contributed by atoms with Gasteiger partial charge in [0.25, 0.3) is 0 Å². The Morgan fingerprint density at radius 2 is 1.74 bits per heavy atom. The van der Waals surface area contributed by atoms with Crippen LogP contribution in [0.1, 0.15) is 19.4 Å². The largest absolute Gasteiger partial charge is 0.488 e. The van der Waals surface area contributed by atoms with Crippen molar-refractivity contribution >= 4 is 28.9 Å². The summed E-state index contributed by atoms with van der Waals surface area (Å²) in [5.41, 5.74) is 2.75. The number of anilines is 4. The lowest BCUT2D eigenvalue weighted by atomic mass is 10.1. The molecule has 0 aliphatic carbocycles. The normalized spacial score (nSPS) is 10.5. The Kier molecular flexibility index (Phi) is 8.64. The van der Waals surface area contributed by atoms with Crippen molar-refractivity contribution in [2.45, 2.75) is 20.3 Å². The van der Waals surface area contributed by atoms with E-state index in [2.05, 4.69) is 20.6 Å². The van der Waals surface area contributed by atoms with E-state index in [1.807, 2.05) is 13.8 Å². The second-order valence-corrected chi connectivity index (χ2v) is 7.69. The molecule has 9 heteroatoms. The first-order valence-corrected chi connectivity index (χ1v) is 10.6. The summed E-state index contributed by atoms with van der Waals surface area (Å²) in [6.07, 6.45) is 2.90. The highest BCUT2D eigenvalue weighted by Crippen LogP contribution is 2.24. The van der Waals surface area contributed by atoms with Gasteiger partial charge in [-0.25, -0.2) is 13.8 Å². The van der Waals surface area contributed by atoms with Crippen molar-refractivity contribution in [1.29, 1.82) is 0 Å². The molecule has 0 saturated heterocycles. The Morgan fingerprint density at radius 3 is 2.41 bits per heavy atom. The molecular weight excluding hydrogens is 442 g/mol. The number of ketones is 1. The van der Waals surface area contributed by atoms with Gasteiger partial charge in [-0.3, -0.25) is 4.79 Å². The number of ether oxygens (including phenoxy) is 2. The lowest BCUT2D eigenvalue weighted by Crippen LogP contribution is -2.06. The highest BCUT2D eigenvalue weighted by Gasteiger charge is 2.10. The topological polar surface area (TPSA) is 85.4 Å². The first-order valence-electron chi connectivity index (χ1n) is 10.6. The van der Waals surface area contributed by atoms with Crippen LogP contribution in [-0.4, -0.2) is 36.1 Å². The Labute approximate surface area is 196 Å². The lowest BCUT2D eigenvalue weighted by molar-refractivity contribution is -0.114. The number of rotatable bonds is 11. The van der Waals surface area contributed by atoms with Crippen LogP contribution >= 0.6 is 0 Å². The number of hydrogen-bond donors (Lipinski definition) is 2. The maximum atomic E-state index is 14.3. The third kappa shape index (κ3) is 7.35. The predicted octanol–water partition coefficient (Wildman–Crippen LogP) is 5.35. The Morgan fingerprint density at radius 1 is 1.00 bits per heavy atom. The van der Waals surface area contributed by atoms with E-state index in [0.29, 0.717) is 18.0 Å². The average Bonchev–Trinajstić information content (AvgIpc) is 2.78. The molecule has 0 unspecified atom stereocenters. The van der Waals surface area contributed by atoms with Gasteiger partial charge >= 0.3 is 0 Å². The van der Waals surface area contributed by atoms with Crippen molar-refractivity contribution in [1.82, 2.24) is 9.97 Å². The molecule has 1 aromatic heterocycles. The molecule has 3 rings (SSSR count). The molecule has 0 aliphatic heterocycles. The van der Waals surface area contributed by atoms with Crippen LogP contribution in [0.5, 0.6) is 5.75 Å². The second kappa shape index (κ2) is 11.9. The van der Waals surface area contributed by atoms with Crippen molar-refractivity contribution in [3.8, 4) is 5.75 Å². The maximum absolute atomic E-state index is 14.3. The molecular formula is C25H26F2N4O3. The number of halogens is 2. The summed E-state index contributed by atoms with van der Waals surface area (Å²) >= 11 is 0. The third-order valence-electron chi connectivity index (χ3n) is 4.52. The van der Waals surface area contributed by atoms with Crippen molar-refractivity contribution in [2.75, 3.05) is 31.0 Å². The minimum absolute atomic E-state index is 0.0179. The fourth-order valence-electron chi connectivity index (χ4n) is 2.99. The number of nitrogens with zero attached hydrogens (tertiary/aromatic N) is 2. The van der Waals surface area contributed by atoms with Gasteiger partial charge in [-0.05, 0) is 49.8 Å². The van der Waals surface area contributed by atoms with E-state index in [-0.39, 0.29) is 36.3 Å². The molecule has 0 aliphatic rings. The summed E-state index contributed by atoms with van der Waals surface area (Å²) in [4.78, 5) is 20.0. The number of aromatic nitrogens is 2. The molecule has 0 atom stereocenters. The molecule has 0 amide bonds. The zero-order valence-electron chi connectivity index (χ0n) is 19.2. The van der Waals surface area contributed by atoms with E-state index in [9.17, 15) is 13.6 Å².